The molecule has 0 radical (unpaired) electrons. The van der Waals surface area contributed by atoms with Gasteiger partial charge in [-0.15, -0.1) is 22.7 Å². The summed E-state index contributed by atoms with van der Waals surface area (Å²) in [5.74, 6) is 0. The van der Waals surface area contributed by atoms with Gasteiger partial charge in [-0.25, -0.2) is 0 Å². The third-order valence-electron chi connectivity index (χ3n) is 2.70. The van der Waals surface area contributed by atoms with Crippen molar-refractivity contribution in [1.82, 2.24) is 10.2 Å². The second kappa shape index (κ2) is 5.77. The number of nitrogens with one attached hydrogen (secondary N) is 1. The van der Waals surface area contributed by atoms with Crippen LogP contribution in [0.4, 0.5) is 0 Å². The van der Waals surface area contributed by atoms with Gasteiger partial charge in [-0.05, 0) is 31.1 Å². The smallest absolute Gasteiger partial charge is 0.0453 e. The van der Waals surface area contributed by atoms with Crippen LogP contribution in [0.3, 0.4) is 0 Å². The summed E-state index contributed by atoms with van der Waals surface area (Å²) < 4.78 is 2.85. The Morgan fingerprint density at radius 2 is 2.25 bits per heavy atom. The number of rotatable bonds is 6. The van der Waals surface area contributed by atoms with E-state index in [0.29, 0.717) is 0 Å². The Morgan fingerprint density at radius 3 is 3.00 bits per heavy atom. The average Bonchev–Trinajstić information content (AvgIpc) is 2.84. The highest BCUT2D eigenvalue weighted by Gasteiger charge is 2.02. The fourth-order valence-electron chi connectivity index (χ4n) is 1.54. The lowest BCUT2D eigenvalue weighted by atomic mass is 10.4. The van der Waals surface area contributed by atoms with Gasteiger partial charge in [-0.2, -0.15) is 0 Å². The number of hydrogen-bond donors (Lipinski definition) is 1. The second-order valence-corrected chi connectivity index (χ2v) is 6.05. The predicted octanol–water partition coefficient (Wildman–Crippen LogP) is 3.00. The third kappa shape index (κ3) is 3.04. The van der Waals surface area contributed by atoms with Crippen LogP contribution in [0.15, 0.2) is 17.5 Å². The molecule has 0 saturated carbocycles. The maximum atomic E-state index is 3.49. The molecule has 0 atom stereocenters. The van der Waals surface area contributed by atoms with E-state index in [-0.39, 0.29) is 0 Å². The molecule has 4 heteroatoms. The molecule has 0 unspecified atom stereocenters. The SMILES string of the molecule is CCN(C)CCNCc1cc2sccc2s1. The van der Waals surface area contributed by atoms with E-state index >= 15 is 0 Å². The van der Waals surface area contributed by atoms with Crippen molar-refractivity contribution < 1.29 is 0 Å². The molecular formula is C12H18N2S2. The summed E-state index contributed by atoms with van der Waals surface area (Å²) in [6.45, 7) is 6.50. The first kappa shape index (κ1) is 12.0. The Hall–Kier alpha value is -0.420. The van der Waals surface area contributed by atoms with E-state index in [2.05, 4.69) is 41.7 Å². The van der Waals surface area contributed by atoms with E-state index in [4.69, 9.17) is 0 Å². The Kier molecular flexibility index (Phi) is 4.35. The highest BCUT2D eigenvalue weighted by molar-refractivity contribution is 7.26. The summed E-state index contributed by atoms with van der Waals surface area (Å²) in [7, 11) is 2.16. The van der Waals surface area contributed by atoms with Gasteiger partial charge in [0.2, 0.25) is 0 Å². The number of nitrogens with zero attached hydrogens (tertiary/aromatic N) is 1. The van der Waals surface area contributed by atoms with Gasteiger partial charge in [0.05, 0.1) is 0 Å². The Balaban J connectivity index is 1.76. The van der Waals surface area contributed by atoms with Gasteiger partial charge in [0.25, 0.3) is 0 Å². The maximum absolute atomic E-state index is 3.49. The summed E-state index contributed by atoms with van der Waals surface area (Å²) in [4.78, 5) is 3.76. The van der Waals surface area contributed by atoms with Gasteiger partial charge in [0, 0.05) is 33.9 Å². The van der Waals surface area contributed by atoms with E-state index in [1.165, 1.54) is 14.3 Å². The average molecular weight is 254 g/mol. The van der Waals surface area contributed by atoms with Crippen LogP contribution in [0.2, 0.25) is 0 Å². The zero-order valence-corrected chi connectivity index (χ0v) is 11.5. The van der Waals surface area contributed by atoms with Crippen molar-refractivity contribution in [3.63, 3.8) is 0 Å². The van der Waals surface area contributed by atoms with Crippen LogP contribution in [-0.2, 0) is 6.54 Å². The predicted molar refractivity (Wildman–Crippen MR) is 74.6 cm³/mol. The molecule has 0 aromatic carbocycles. The fraction of sp³-hybridized carbons (Fsp3) is 0.500. The maximum Gasteiger partial charge on any atom is 0.0453 e. The van der Waals surface area contributed by atoms with Crippen LogP contribution in [0, 0.1) is 0 Å². The molecule has 2 heterocycles. The zero-order valence-electron chi connectivity index (χ0n) is 9.82. The van der Waals surface area contributed by atoms with Crippen LogP contribution in [-0.4, -0.2) is 31.6 Å². The lowest BCUT2D eigenvalue weighted by Crippen LogP contribution is -2.28. The Labute approximate surface area is 105 Å². The molecule has 2 aromatic rings. The number of likely N-dealkylation sites (N-methyl/N-ethyl adjacent to an activating group) is 1. The number of thiophene rings is 2. The molecule has 0 saturated heterocycles. The van der Waals surface area contributed by atoms with E-state index in [1.807, 2.05) is 22.7 Å². The van der Waals surface area contributed by atoms with Crippen molar-refractivity contribution in [2.24, 2.45) is 0 Å². The summed E-state index contributed by atoms with van der Waals surface area (Å²) in [5, 5.41) is 5.65. The highest BCUT2D eigenvalue weighted by atomic mass is 32.1. The van der Waals surface area contributed by atoms with Crippen molar-refractivity contribution in [3.8, 4) is 0 Å². The monoisotopic (exact) mass is 254 g/mol. The molecule has 16 heavy (non-hydrogen) atoms. The normalized spacial score (nSPS) is 11.7. The van der Waals surface area contributed by atoms with Gasteiger partial charge < -0.3 is 10.2 Å². The minimum absolute atomic E-state index is 1.00. The molecule has 0 amide bonds. The van der Waals surface area contributed by atoms with Crippen molar-refractivity contribution >= 4 is 32.1 Å². The molecule has 0 aliphatic rings. The molecule has 2 rings (SSSR count). The van der Waals surface area contributed by atoms with Gasteiger partial charge in [0.1, 0.15) is 0 Å². The van der Waals surface area contributed by atoms with E-state index in [9.17, 15) is 0 Å². The zero-order chi connectivity index (χ0) is 11.4. The van der Waals surface area contributed by atoms with E-state index in [0.717, 1.165) is 26.2 Å². The molecule has 1 N–H and O–H groups in total. The molecule has 2 aromatic heterocycles. The third-order valence-corrected chi connectivity index (χ3v) is 4.79. The van der Waals surface area contributed by atoms with Gasteiger partial charge >= 0.3 is 0 Å². The summed E-state index contributed by atoms with van der Waals surface area (Å²) in [6, 6.07) is 4.51. The number of fused-ring (bicyclic) bond motifs is 1. The molecule has 88 valence electrons. The summed E-state index contributed by atoms with van der Waals surface area (Å²) >= 11 is 3.73. The van der Waals surface area contributed by atoms with Crippen molar-refractivity contribution in [3.05, 3.63) is 22.4 Å². The molecular weight excluding hydrogens is 236 g/mol. The standard InChI is InChI=1S/C12H18N2S2/c1-3-14(2)6-5-13-9-10-8-12-11(16-10)4-7-15-12/h4,7-8,13H,3,5-6,9H2,1-2H3. The minimum Gasteiger partial charge on any atom is -0.311 e. The molecule has 0 fully saturated rings. The van der Waals surface area contributed by atoms with E-state index in [1.54, 1.807) is 0 Å². The van der Waals surface area contributed by atoms with Crippen LogP contribution in [0.5, 0.6) is 0 Å². The van der Waals surface area contributed by atoms with Crippen LogP contribution >= 0.6 is 22.7 Å². The number of hydrogen-bond acceptors (Lipinski definition) is 4. The van der Waals surface area contributed by atoms with Gasteiger partial charge in [-0.3, -0.25) is 0 Å². The minimum atomic E-state index is 1.00. The van der Waals surface area contributed by atoms with Crippen LogP contribution in [0.1, 0.15) is 11.8 Å². The molecule has 2 nitrogen and oxygen atoms in total. The van der Waals surface area contributed by atoms with Gasteiger partial charge in [-0.1, -0.05) is 6.92 Å². The van der Waals surface area contributed by atoms with E-state index < -0.39 is 0 Å². The molecule has 0 aliphatic carbocycles. The molecule has 0 bridgehead atoms. The van der Waals surface area contributed by atoms with Crippen molar-refractivity contribution in [2.45, 2.75) is 13.5 Å². The first-order chi connectivity index (χ1) is 7.79. The first-order valence-corrected chi connectivity index (χ1v) is 7.34. The second-order valence-electron chi connectivity index (χ2n) is 3.93. The summed E-state index contributed by atoms with van der Waals surface area (Å²) in [5.41, 5.74) is 0. The highest BCUT2D eigenvalue weighted by Crippen LogP contribution is 2.29. The van der Waals surface area contributed by atoms with Crippen molar-refractivity contribution in [2.75, 3.05) is 26.7 Å². The molecule has 0 aliphatic heterocycles. The summed E-state index contributed by atoms with van der Waals surface area (Å²) in [6.07, 6.45) is 0. The van der Waals surface area contributed by atoms with Crippen LogP contribution < -0.4 is 5.32 Å². The molecule has 0 spiro atoms. The van der Waals surface area contributed by atoms with Crippen LogP contribution in [0.25, 0.3) is 9.40 Å². The lowest BCUT2D eigenvalue weighted by molar-refractivity contribution is 0.349. The fourth-order valence-corrected chi connectivity index (χ4v) is 3.65. The van der Waals surface area contributed by atoms with Crippen molar-refractivity contribution in [1.29, 1.82) is 0 Å². The lowest BCUT2D eigenvalue weighted by Gasteiger charge is -2.13. The first-order valence-electron chi connectivity index (χ1n) is 5.64. The Morgan fingerprint density at radius 1 is 1.38 bits per heavy atom. The largest absolute Gasteiger partial charge is 0.311 e. The topological polar surface area (TPSA) is 15.3 Å². The Bertz CT molecular complexity index is 404. The van der Waals surface area contributed by atoms with Gasteiger partial charge in [0.15, 0.2) is 0 Å². The quantitative estimate of drug-likeness (QED) is 0.797.